The molecule has 1 aromatic heterocycles. The Bertz CT molecular complexity index is 825. The molecule has 0 radical (unpaired) electrons. The van der Waals surface area contributed by atoms with Crippen molar-refractivity contribution in [3.63, 3.8) is 0 Å². The van der Waals surface area contributed by atoms with Crippen LogP contribution in [0.4, 0.5) is 0 Å². The first-order valence-corrected chi connectivity index (χ1v) is 9.18. The van der Waals surface area contributed by atoms with E-state index < -0.39 is 0 Å². The third-order valence-corrected chi connectivity index (χ3v) is 5.57. The molecule has 1 saturated carbocycles. The number of fused-ring (bicyclic) bond motifs is 1. The van der Waals surface area contributed by atoms with Gasteiger partial charge in [-0.2, -0.15) is 5.10 Å². The highest BCUT2D eigenvalue weighted by molar-refractivity contribution is 5.94. The zero-order chi connectivity index (χ0) is 18.3. The van der Waals surface area contributed by atoms with Crippen LogP contribution in [0.5, 0.6) is 5.75 Å². The summed E-state index contributed by atoms with van der Waals surface area (Å²) in [7, 11) is 1.69. The van der Waals surface area contributed by atoms with Crippen molar-refractivity contribution in [3.8, 4) is 5.75 Å². The molecular formula is C20H25N3O3. The molecule has 2 N–H and O–H groups in total. The van der Waals surface area contributed by atoms with E-state index in [0.717, 1.165) is 29.8 Å². The minimum absolute atomic E-state index is 0.0255. The van der Waals surface area contributed by atoms with E-state index in [9.17, 15) is 4.79 Å². The summed E-state index contributed by atoms with van der Waals surface area (Å²) in [4.78, 5) is 12.8. The fourth-order valence-electron chi connectivity index (χ4n) is 3.97. The molecule has 1 aromatic carbocycles. The van der Waals surface area contributed by atoms with Gasteiger partial charge in [-0.3, -0.25) is 9.89 Å². The van der Waals surface area contributed by atoms with Crippen molar-refractivity contribution in [2.24, 2.45) is 0 Å². The maximum absolute atomic E-state index is 12.8. The molecule has 138 valence electrons. The van der Waals surface area contributed by atoms with Crippen LogP contribution >= 0.6 is 0 Å². The molecule has 1 fully saturated rings. The van der Waals surface area contributed by atoms with E-state index >= 15 is 0 Å². The number of H-pyrrole nitrogens is 1. The average Bonchev–Trinajstić information content (AvgIpc) is 3.31. The van der Waals surface area contributed by atoms with Crippen molar-refractivity contribution in [2.45, 2.75) is 50.7 Å². The largest absolute Gasteiger partial charge is 0.496 e. The van der Waals surface area contributed by atoms with Gasteiger partial charge >= 0.3 is 0 Å². The standard InChI is InChI=1S/C20H25N3O3/c1-12-10-14-17(13(2)26-12)22-23-18(14)19(24)21-11-20(8-9-20)15-6-4-5-7-16(15)25-3/h4-7,12-13H,8-11H2,1-3H3,(H,21,24)(H,22,23)/t12-,13+/m0/s1. The fourth-order valence-corrected chi connectivity index (χ4v) is 3.97. The highest BCUT2D eigenvalue weighted by Crippen LogP contribution is 2.50. The smallest absolute Gasteiger partial charge is 0.272 e. The number of hydrogen-bond donors (Lipinski definition) is 2. The summed E-state index contributed by atoms with van der Waals surface area (Å²) in [5.41, 5.74) is 3.54. The number of carbonyl (C=O) groups excluding carboxylic acids is 1. The Kier molecular flexibility index (Phi) is 4.23. The summed E-state index contributed by atoms with van der Waals surface area (Å²) < 4.78 is 11.3. The highest BCUT2D eigenvalue weighted by Gasteiger charge is 2.46. The summed E-state index contributed by atoms with van der Waals surface area (Å²) in [5.74, 6) is 0.765. The molecule has 1 amide bonds. The van der Waals surface area contributed by atoms with Gasteiger partial charge in [0, 0.05) is 29.5 Å². The summed E-state index contributed by atoms with van der Waals surface area (Å²) in [5, 5.41) is 10.4. The van der Waals surface area contributed by atoms with Crippen LogP contribution in [0.25, 0.3) is 0 Å². The number of nitrogens with one attached hydrogen (secondary N) is 2. The van der Waals surface area contributed by atoms with Gasteiger partial charge in [-0.1, -0.05) is 18.2 Å². The Balaban J connectivity index is 1.50. The van der Waals surface area contributed by atoms with Crippen LogP contribution in [-0.4, -0.2) is 35.9 Å². The van der Waals surface area contributed by atoms with Crippen molar-refractivity contribution >= 4 is 5.91 Å². The van der Waals surface area contributed by atoms with Gasteiger partial charge in [-0.05, 0) is 32.8 Å². The van der Waals surface area contributed by atoms with E-state index in [2.05, 4.69) is 21.6 Å². The second-order valence-corrected chi connectivity index (χ2v) is 7.42. The van der Waals surface area contributed by atoms with Gasteiger partial charge in [-0.15, -0.1) is 0 Å². The van der Waals surface area contributed by atoms with Crippen molar-refractivity contribution in [1.82, 2.24) is 15.5 Å². The topological polar surface area (TPSA) is 76.2 Å². The van der Waals surface area contributed by atoms with Crippen LogP contribution in [0.3, 0.4) is 0 Å². The molecule has 4 rings (SSSR count). The monoisotopic (exact) mass is 355 g/mol. The molecule has 2 aromatic rings. The van der Waals surface area contributed by atoms with Gasteiger partial charge in [0.2, 0.25) is 0 Å². The Morgan fingerprint density at radius 1 is 1.38 bits per heavy atom. The van der Waals surface area contributed by atoms with Gasteiger partial charge in [0.05, 0.1) is 25.0 Å². The molecule has 0 spiro atoms. The third kappa shape index (κ3) is 2.88. The molecule has 0 unspecified atom stereocenters. The summed E-state index contributed by atoms with van der Waals surface area (Å²) in [6, 6.07) is 8.06. The van der Waals surface area contributed by atoms with E-state index in [1.54, 1.807) is 7.11 Å². The van der Waals surface area contributed by atoms with E-state index in [4.69, 9.17) is 9.47 Å². The molecule has 2 atom stereocenters. The maximum atomic E-state index is 12.8. The predicted molar refractivity (Wildman–Crippen MR) is 97.5 cm³/mol. The molecule has 1 aliphatic heterocycles. The van der Waals surface area contributed by atoms with Crippen molar-refractivity contribution in [1.29, 1.82) is 0 Å². The van der Waals surface area contributed by atoms with Gasteiger partial charge < -0.3 is 14.8 Å². The van der Waals surface area contributed by atoms with Crippen LogP contribution in [0, 0.1) is 0 Å². The molecule has 2 aliphatic rings. The molecule has 0 bridgehead atoms. The number of methoxy groups -OCH3 is 1. The number of benzene rings is 1. The number of amides is 1. The van der Waals surface area contributed by atoms with E-state index in [0.29, 0.717) is 18.7 Å². The maximum Gasteiger partial charge on any atom is 0.272 e. The first-order chi connectivity index (χ1) is 12.5. The summed E-state index contributed by atoms with van der Waals surface area (Å²) in [6.45, 7) is 4.60. The Labute approximate surface area is 153 Å². The Morgan fingerprint density at radius 2 is 2.15 bits per heavy atom. The second-order valence-electron chi connectivity index (χ2n) is 7.42. The zero-order valence-electron chi connectivity index (χ0n) is 15.5. The number of aromatic amines is 1. The average molecular weight is 355 g/mol. The van der Waals surface area contributed by atoms with Gasteiger partial charge in [0.1, 0.15) is 5.75 Å². The molecule has 26 heavy (non-hydrogen) atoms. The second kappa shape index (κ2) is 6.43. The lowest BCUT2D eigenvalue weighted by atomic mass is 9.94. The number of nitrogens with zero attached hydrogens (tertiary/aromatic N) is 1. The predicted octanol–water partition coefficient (Wildman–Crippen LogP) is 2.90. The number of rotatable bonds is 5. The quantitative estimate of drug-likeness (QED) is 0.865. The van der Waals surface area contributed by atoms with Gasteiger partial charge in [0.15, 0.2) is 5.69 Å². The number of ether oxygens (including phenoxy) is 2. The number of aromatic nitrogens is 2. The zero-order valence-corrected chi connectivity index (χ0v) is 15.5. The summed E-state index contributed by atoms with van der Waals surface area (Å²) in [6.07, 6.45) is 2.83. The molecule has 1 aliphatic carbocycles. The van der Waals surface area contributed by atoms with Crippen LogP contribution in [0.15, 0.2) is 24.3 Å². The molecule has 6 nitrogen and oxygen atoms in total. The minimum atomic E-state index is -0.120. The van der Waals surface area contributed by atoms with Crippen LogP contribution in [0.2, 0.25) is 0 Å². The van der Waals surface area contributed by atoms with Crippen LogP contribution < -0.4 is 10.1 Å². The lowest BCUT2D eigenvalue weighted by molar-refractivity contribution is -0.00697. The molecule has 0 saturated heterocycles. The first-order valence-electron chi connectivity index (χ1n) is 9.18. The number of para-hydroxylation sites is 1. The van der Waals surface area contributed by atoms with Crippen molar-refractivity contribution in [2.75, 3.05) is 13.7 Å². The van der Waals surface area contributed by atoms with E-state index in [-0.39, 0.29) is 23.5 Å². The third-order valence-electron chi connectivity index (χ3n) is 5.57. The van der Waals surface area contributed by atoms with Gasteiger partial charge in [0.25, 0.3) is 5.91 Å². The summed E-state index contributed by atoms with van der Waals surface area (Å²) >= 11 is 0. The highest BCUT2D eigenvalue weighted by atomic mass is 16.5. The van der Waals surface area contributed by atoms with E-state index in [1.807, 2.05) is 32.0 Å². The van der Waals surface area contributed by atoms with Crippen LogP contribution in [-0.2, 0) is 16.6 Å². The fraction of sp³-hybridized carbons (Fsp3) is 0.500. The molecule has 2 heterocycles. The minimum Gasteiger partial charge on any atom is -0.496 e. The van der Waals surface area contributed by atoms with Crippen LogP contribution in [0.1, 0.15) is 60.1 Å². The van der Waals surface area contributed by atoms with Crippen molar-refractivity contribution in [3.05, 3.63) is 46.8 Å². The SMILES string of the molecule is COc1ccccc1C1(CNC(=O)c2n[nH]c3c2C[C@H](C)O[C@@H]3C)CC1. The Morgan fingerprint density at radius 3 is 2.88 bits per heavy atom. The lowest BCUT2D eigenvalue weighted by Gasteiger charge is -2.25. The lowest BCUT2D eigenvalue weighted by Crippen LogP contribution is -2.34. The van der Waals surface area contributed by atoms with E-state index in [1.165, 1.54) is 5.56 Å². The van der Waals surface area contributed by atoms with Crippen molar-refractivity contribution < 1.29 is 14.3 Å². The molecular weight excluding hydrogens is 330 g/mol. The first kappa shape index (κ1) is 17.1. The van der Waals surface area contributed by atoms with Gasteiger partial charge in [-0.25, -0.2) is 0 Å². The Hall–Kier alpha value is -2.34. The molecule has 6 heteroatoms. The number of hydrogen-bond acceptors (Lipinski definition) is 4. The number of carbonyl (C=O) groups is 1. The normalized spacial score (nSPS) is 23.2.